The first-order chi connectivity index (χ1) is 7.66. The summed E-state index contributed by atoms with van der Waals surface area (Å²) in [5.41, 5.74) is 5.91. The highest BCUT2D eigenvalue weighted by Crippen LogP contribution is 2.11. The number of carbonyl (C=O) groups is 1. The normalized spacial score (nSPS) is 21.2. The second-order valence-electron chi connectivity index (χ2n) is 4.19. The van der Waals surface area contributed by atoms with Gasteiger partial charge in [-0.1, -0.05) is 12.1 Å². The van der Waals surface area contributed by atoms with Crippen LogP contribution in [0.25, 0.3) is 0 Å². The third-order valence-electron chi connectivity index (χ3n) is 2.85. The summed E-state index contributed by atoms with van der Waals surface area (Å²) in [4.78, 5) is 13.8. The zero-order valence-corrected chi connectivity index (χ0v) is 9.03. The summed E-state index contributed by atoms with van der Waals surface area (Å²) < 4.78 is 13.3. The first-order valence-corrected chi connectivity index (χ1v) is 5.42. The summed E-state index contributed by atoms with van der Waals surface area (Å²) in [7, 11) is 0. The molecule has 0 spiro atoms. The quantitative estimate of drug-likeness (QED) is 0.777. The van der Waals surface area contributed by atoms with Crippen LogP contribution in [0.1, 0.15) is 16.8 Å². The first kappa shape index (κ1) is 11.2. The molecule has 0 amide bonds. The molecule has 1 aliphatic heterocycles. The summed E-state index contributed by atoms with van der Waals surface area (Å²) in [6.07, 6.45) is 0.907. The van der Waals surface area contributed by atoms with Crippen molar-refractivity contribution in [3.63, 3.8) is 0 Å². The Morgan fingerprint density at radius 1 is 1.50 bits per heavy atom. The Hall–Kier alpha value is -1.26. The van der Waals surface area contributed by atoms with Crippen molar-refractivity contribution in [3.05, 3.63) is 35.6 Å². The highest BCUT2D eigenvalue weighted by atomic mass is 19.1. The number of carbonyl (C=O) groups excluding carboxylic acids is 1. The molecule has 4 heteroatoms. The van der Waals surface area contributed by atoms with Gasteiger partial charge in [-0.15, -0.1) is 0 Å². The minimum absolute atomic E-state index is 0.147. The van der Waals surface area contributed by atoms with Gasteiger partial charge in [0.05, 0.1) is 12.1 Å². The van der Waals surface area contributed by atoms with Crippen LogP contribution in [0, 0.1) is 5.82 Å². The van der Waals surface area contributed by atoms with Crippen molar-refractivity contribution >= 4 is 5.78 Å². The molecule has 1 heterocycles. The second kappa shape index (κ2) is 4.72. The molecule has 0 saturated carbocycles. The van der Waals surface area contributed by atoms with E-state index in [1.54, 1.807) is 12.1 Å². The van der Waals surface area contributed by atoms with Crippen LogP contribution in [0.4, 0.5) is 4.39 Å². The van der Waals surface area contributed by atoms with E-state index in [0.29, 0.717) is 0 Å². The number of likely N-dealkylation sites (tertiary alicyclic amines) is 1. The van der Waals surface area contributed by atoms with Crippen molar-refractivity contribution in [1.82, 2.24) is 4.90 Å². The topological polar surface area (TPSA) is 46.3 Å². The smallest absolute Gasteiger partial charge is 0.179 e. The summed E-state index contributed by atoms with van der Waals surface area (Å²) >= 11 is 0. The van der Waals surface area contributed by atoms with E-state index in [9.17, 15) is 9.18 Å². The maximum absolute atomic E-state index is 13.3. The van der Waals surface area contributed by atoms with Gasteiger partial charge in [0, 0.05) is 19.1 Å². The largest absolute Gasteiger partial charge is 0.326 e. The van der Waals surface area contributed by atoms with Crippen molar-refractivity contribution in [1.29, 1.82) is 0 Å². The van der Waals surface area contributed by atoms with Crippen LogP contribution in [0.5, 0.6) is 0 Å². The van der Waals surface area contributed by atoms with E-state index in [1.165, 1.54) is 12.1 Å². The van der Waals surface area contributed by atoms with Crippen LogP contribution >= 0.6 is 0 Å². The van der Waals surface area contributed by atoms with Crippen LogP contribution in [-0.2, 0) is 0 Å². The predicted octanol–water partition coefficient (Wildman–Crippen LogP) is 1.04. The molecule has 0 aromatic heterocycles. The standard InChI is InChI=1S/C12H15FN2O/c13-11-4-2-1-3-10(11)12(16)8-15-6-5-9(14)7-15/h1-4,9H,5-8,14H2. The van der Waals surface area contributed by atoms with Crippen molar-refractivity contribution in [2.75, 3.05) is 19.6 Å². The van der Waals surface area contributed by atoms with Crippen LogP contribution < -0.4 is 5.73 Å². The maximum atomic E-state index is 13.3. The average Bonchev–Trinajstić information content (AvgIpc) is 2.64. The number of ketones is 1. The Morgan fingerprint density at radius 3 is 2.88 bits per heavy atom. The Labute approximate surface area is 94.0 Å². The molecule has 1 unspecified atom stereocenters. The van der Waals surface area contributed by atoms with Gasteiger partial charge in [-0.05, 0) is 18.6 Å². The zero-order valence-electron chi connectivity index (χ0n) is 9.03. The molecule has 0 aliphatic carbocycles. The highest BCUT2D eigenvalue weighted by Gasteiger charge is 2.22. The van der Waals surface area contributed by atoms with E-state index in [-0.39, 0.29) is 23.9 Å². The lowest BCUT2D eigenvalue weighted by atomic mass is 10.1. The molecule has 1 aromatic rings. The highest BCUT2D eigenvalue weighted by molar-refractivity contribution is 5.97. The number of rotatable bonds is 3. The van der Waals surface area contributed by atoms with E-state index in [4.69, 9.17) is 5.73 Å². The Bertz CT molecular complexity index is 394. The predicted molar refractivity (Wildman–Crippen MR) is 59.8 cm³/mol. The minimum atomic E-state index is -0.448. The van der Waals surface area contributed by atoms with Gasteiger partial charge in [0.2, 0.25) is 0 Å². The van der Waals surface area contributed by atoms with Crippen molar-refractivity contribution in [3.8, 4) is 0 Å². The molecule has 0 bridgehead atoms. The fourth-order valence-corrected chi connectivity index (χ4v) is 1.98. The summed E-state index contributed by atoms with van der Waals surface area (Å²) in [5, 5.41) is 0. The Balaban J connectivity index is 2.01. The molecule has 16 heavy (non-hydrogen) atoms. The number of hydrogen-bond donors (Lipinski definition) is 1. The van der Waals surface area contributed by atoms with Crippen LogP contribution in [0.15, 0.2) is 24.3 Å². The van der Waals surface area contributed by atoms with E-state index < -0.39 is 5.82 Å². The molecule has 0 radical (unpaired) electrons. The van der Waals surface area contributed by atoms with E-state index in [1.807, 2.05) is 4.90 Å². The second-order valence-corrected chi connectivity index (χ2v) is 4.19. The molecule has 1 fully saturated rings. The fraction of sp³-hybridized carbons (Fsp3) is 0.417. The molecule has 2 rings (SSSR count). The van der Waals surface area contributed by atoms with Gasteiger partial charge in [-0.25, -0.2) is 4.39 Å². The van der Waals surface area contributed by atoms with Gasteiger partial charge in [-0.3, -0.25) is 9.69 Å². The zero-order chi connectivity index (χ0) is 11.5. The molecule has 3 nitrogen and oxygen atoms in total. The number of Topliss-reactive ketones (excluding diaryl/α,β-unsaturated/α-hetero) is 1. The first-order valence-electron chi connectivity index (χ1n) is 5.42. The monoisotopic (exact) mass is 222 g/mol. The van der Waals surface area contributed by atoms with Crippen LogP contribution in [0.2, 0.25) is 0 Å². The van der Waals surface area contributed by atoms with Crippen LogP contribution in [0.3, 0.4) is 0 Å². The van der Waals surface area contributed by atoms with Crippen molar-refractivity contribution in [2.24, 2.45) is 5.73 Å². The Kier molecular flexibility index (Phi) is 3.31. The summed E-state index contributed by atoms with van der Waals surface area (Å²) in [6.45, 7) is 1.80. The third-order valence-corrected chi connectivity index (χ3v) is 2.85. The molecule has 86 valence electrons. The number of hydrogen-bond acceptors (Lipinski definition) is 3. The number of halogens is 1. The summed E-state index contributed by atoms with van der Waals surface area (Å²) in [6, 6.07) is 6.23. The maximum Gasteiger partial charge on any atom is 0.179 e. The molecule has 1 atom stereocenters. The molecule has 1 aromatic carbocycles. The molecule has 1 aliphatic rings. The summed E-state index contributed by atoms with van der Waals surface area (Å²) in [5.74, 6) is -0.622. The van der Waals surface area contributed by atoms with E-state index >= 15 is 0 Å². The molecule has 2 N–H and O–H groups in total. The van der Waals surface area contributed by atoms with E-state index in [2.05, 4.69) is 0 Å². The number of nitrogens with two attached hydrogens (primary N) is 1. The van der Waals surface area contributed by atoms with Crippen molar-refractivity contribution in [2.45, 2.75) is 12.5 Å². The van der Waals surface area contributed by atoms with Gasteiger partial charge < -0.3 is 5.73 Å². The fourth-order valence-electron chi connectivity index (χ4n) is 1.98. The average molecular weight is 222 g/mol. The Morgan fingerprint density at radius 2 is 2.25 bits per heavy atom. The lowest BCUT2D eigenvalue weighted by molar-refractivity contribution is 0.0941. The lowest BCUT2D eigenvalue weighted by Crippen LogP contribution is -2.31. The lowest BCUT2D eigenvalue weighted by Gasteiger charge is -2.13. The van der Waals surface area contributed by atoms with Crippen molar-refractivity contribution < 1.29 is 9.18 Å². The molecular formula is C12H15FN2O. The van der Waals surface area contributed by atoms with Gasteiger partial charge in [0.25, 0.3) is 0 Å². The third kappa shape index (κ3) is 2.46. The molecule has 1 saturated heterocycles. The van der Waals surface area contributed by atoms with Gasteiger partial charge in [0.1, 0.15) is 5.82 Å². The van der Waals surface area contributed by atoms with Gasteiger partial charge >= 0.3 is 0 Å². The minimum Gasteiger partial charge on any atom is -0.326 e. The molecular weight excluding hydrogens is 207 g/mol. The SMILES string of the molecule is NC1CCN(CC(=O)c2ccccc2F)C1. The van der Waals surface area contributed by atoms with Gasteiger partial charge in [-0.2, -0.15) is 0 Å². The van der Waals surface area contributed by atoms with Gasteiger partial charge in [0.15, 0.2) is 5.78 Å². The van der Waals surface area contributed by atoms with Crippen LogP contribution in [-0.4, -0.2) is 36.4 Å². The number of nitrogens with zero attached hydrogens (tertiary/aromatic N) is 1. The van der Waals surface area contributed by atoms with E-state index in [0.717, 1.165) is 19.5 Å². The number of benzene rings is 1.